The third-order valence-electron chi connectivity index (χ3n) is 3.59. The fourth-order valence-electron chi connectivity index (χ4n) is 2.66. The van der Waals surface area contributed by atoms with Crippen molar-refractivity contribution in [1.82, 2.24) is 4.90 Å². The molecule has 0 aromatic heterocycles. The Labute approximate surface area is 106 Å². The van der Waals surface area contributed by atoms with E-state index < -0.39 is 5.97 Å². The number of carbonyl (C=O) groups is 1. The summed E-state index contributed by atoms with van der Waals surface area (Å²) in [4.78, 5) is 13.2. The number of halogens is 1. The molecule has 1 aliphatic heterocycles. The molecule has 1 aromatic rings. The lowest BCUT2D eigenvalue weighted by molar-refractivity contribution is -0.142. The number of hydrogen-bond acceptors (Lipinski definition) is 2. The lowest BCUT2D eigenvalue weighted by Crippen LogP contribution is -2.42. The van der Waals surface area contributed by atoms with E-state index in [0.717, 1.165) is 31.4 Å². The van der Waals surface area contributed by atoms with Gasteiger partial charge in [-0.15, -0.1) is 0 Å². The maximum Gasteiger partial charge on any atom is 0.320 e. The third kappa shape index (κ3) is 2.88. The maximum atomic E-state index is 12.8. The van der Waals surface area contributed by atoms with Crippen molar-refractivity contribution in [1.29, 1.82) is 0 Å². The second kappa shape index (κ2) is 5.48. The lowest BCUT2D eigenvalue weighted by atomic mass is 10.1. The minimum Gasteiger partial charge on any atom is -0.480 e. The molecule has 1 saturated heterocycles. The van der Waals surface area contributed by atoms with Gasteiger partial charge in [-0.05, 0) is 50.4 Å². The van der Waals surface area contributed by atoms with Gasteiger partial charge in [0.2, 0.25) is 0 Å². The Morgan fingerprint density at radius 1 is 1.50 bits per heavy atom. The van der Waals surface area contributed by atoms with Crippen LogP contribution in [0.15, 0.2) is 24.3 Å². The summed E-state index contributed by atoms with van der Waals surface area (Å²) in [6.45, 7) is 2.87. The highest BCUT2D eigenvalue weighted by Crippen LogP contribution is 2.22. The Bertz CT molecular complexity index is 418. The lowest BCUT2D eigenvalue weighted by Gasteiger charge is -2.28. The fourth-order valence-corrected chi connectivity index (χ4v) is 2.66. The monoisotopic (exact) mass is 251 g/mol. The highest BCUT2D eigenvalue weighted by molar-refractivity contribution is 5.73. The van der Waals surface area contributed by atoms with E-state index in [1.165, 1.54) is 12.1 Å². The summed E-state index contributed by atoms with van der Waals surface area (Å²) < 4.78 is 12.8. The van der Waals surface area contributed by atoms with Crippen LogP contribution in [-0.2, 0) is 11.2 Å². The first-order valence-corrected chi connectivity index (χ1v) is 6.31. The van der Waals surface area contributed by atoms with Crippen LogP contribution in [0.1, 0.15) is 25.3 Å². The molecule has 0 spiro atoms. The maximum absolute atomic E-state index is 12.8. The van der Waals surface area contributed by atoms with Crippen LogP contribution in [-0.4, -0.2) is 34.6 Å². The topological polar surface area (TPSA) is 40.5 Å². The van der Waals surface area contributed by atoms with Crippen LogP contribution in [0.5, 0.6) is 0 Å². The number of nitrogens with zero attached hydrogens (tertiary/aromatic N) is 1. The summed E-state index contributed by atoms with van der Waals surface area (Å²) in [6.07, 6.45) is 2.41. The largest absolute Gasteiger partial charge is 0.480 e. The quantitative estimate of drug-likeness (QED) is 0.892. The summed E-state index contributed by atoms with van der Waals surface area (Å²) in [5, 5.41) is 9.14. The zero-order chi connectivity index (χ0) is 13.1. The van der Waals surface area contributed by atoms with Gasteiger partial charge >= 0.3 is 5.97 Å². The van der Waals surface area contributed by atoms with Crippen molar-refractivity contribution in [2.45, 2.75) is 38.3 Å². The highest BCUT2D eigenvalue weighted by atomic mass is 19.1. The Kier molecular flexibility index (Phi) is 3.97. The number of carboxylic acids is 1. The molecule has 2 rings (SSSR count). The molecular formula is C14H18FNO2. The van der Waals surface area contributed by atoms with Crippen molar-refractivity contribution in [3.05, 3.63) is 35.6 Å². The van der Waals surface area contributed by atoms with Crippen molar-refractivity contribution in [3.63, 3.8) is 0 Å². The van der Waals surface area contributed by atoms with Crippen LogP contribution in [0.4, 0.5) is 4.39 Å². The standard InChI is InChI=1S/C14H18FNO2/c1-10(9-11-4-6-12(15)7-5-11)16-8-2-3-13(16)14(17)18/h4-7,10,13H,2-3,8-9H2,1H3,(H,17,18). The summed E-state index contributed by atoms with van der Waals surface area (Å²) in [6, 6.07) is 6.22. The van der Waals surface area contributed by atoms with Gasteiger partial charge in [0.15, 0.2) is 0 Å². The molecule has 2 atom stereocenters. The molecule has 1 N–H and O–H groups in total. The predicted molar refractivity (Wildman–Crippen MR) is 66.9 cm³/mol. The van der Waals surface area contributed by atoms with E-state index >= 15 is 0 Å². The fraction of sp³-hybridized carbons (Fsp3) is 0.500. The molecule has 0 bridgehead atoms. The molecule has 0 aliphatic carbocycles. The Morgan fingerprint density at radius 3 is 2.78 bits per heavy atom. The third-order valence-corrected chi connectivity index (χ3v) is 3.59. The van der Waals surface area contributed by atoms with Gasteiger partial charge < -0.3 is 5.11 Å². The zero-order valence-electron chi connectivity index (χ0n) is 10.5. The van der Waals surface area contributed by atoms with E-state index in [1.54, 1.807) is 12.1 Å². The van der Waals surface area contributed by atoms with Gasteiger partial charge in [-0.1, -0.05) is 12.1 Å². The minimum absolute atomic E-state index is 0.166. The van der Waals surface area contributed by atoms with Gasteiger partial charge in [0.25, 0.3) is 0 Å². The SMILES string of the molecule is CC(Cc1ccc(F)cc1)N1CCCC1C(=O)O. The van der Waals surface area contributed by atoms with Crippen molar-refractivity contribution in [3.8, 4) is 0 Å². The normalized spacial score (nSPS) is 22.0. The Hall–Kier alpha value is -1.42. The molecule has 1 heterocycles. The van der Waals surface area contributed by atoms with Gasteiger partial charge in [0.05, 0.1) is 0 Å². The van der Waals surface area contributed by atoms with E-state index in [1.807, 2.05) is 11.8 Å². The first-order valence-electron chi connectivity index (χ1n) is 6.31. The van der Waals surface area contributed by atoms with E-state index in [0.29, 0.717) is 0 Å². The average Bonchev–Trinajstić information content (AvgIpc) is 2.81. The number of rotatable bonds is 4. The summed E-state index contributed by atoms with van der Waals surface area (Å²) in [5.74, 6) is -0.977. The van der Waals surface area contributed by atoms with E-state index in [-0.39, 0.29) is 17.9 Å². The molecule has 1 fully saturated rings. The van der Waals surface area contributed by atoms with Crippen molar-refractivity contribution in [2.75, 3.05) is 6.54 Å². The smallest absolute Gasteiger partial charge is 0.320 e. The molecule has 0 radical (unpaired) electrons. The first-order chi connectivity index (χ1) is 8.58. The van der Waals surface area contributed by atoms with E-state index in [4.69, 9.17) is 5.11 Å². The first kappa shape index (κ1) is 13.0. The molecule has 2 unspecified atom stereocenters. The molecule has 3 nitrogen and oxygen atoms in total. The summed E-state index contributed by atoms with van der Waals surface area (Å²) >= 11 is 0. The van der Waals surface area contributed by atoms with Gasteiger partial charge in [0.1, 0.15) is 11.9 Å². The molecule has 1 aliphatic rings. The minimum atomic E-state index is -0.738. The molecule has 18 heavy (non-hydrogen) atoms. The van der Waals surface area contributed by atoms with Crippen LogP contribution in [0, 0.1) is 5.82 Å². The van der Waals surface area contributed by atoms with Crippen LogP contribution in [0.3, 0.4) is 0 Å². The molecule has 0 amide bonds. The molecule has 1 aromatic carbocycles. The molecule has 0 saturated carbocycles. The van der Waals surface area contributed by atoms with E-state index in [2.05, 4.69) is 0 Å². The second-order valence-electron chi connectivity index (χ2n) is 4.91. The van der Waals surface area contributed by atoms with E-state index in [9.17, 15) is 9.18 Å². The van der Waals surface area contributed by atoms with Crippen LogP contribution in [0.25, 0.3) is 0 Å². The summed E-state index contributed by atoms with van der Waals surface area (Å²) in [5.41, 5.74) is 1.04. The van der Waals surface area contributed by atoms with Crippen LogP contribution >= 0.6 is 0 Å². The van der Waals surface area contributed by atoms with Crippen LogP contribution in [0.2, 0.25) is 0 Å². The Morgan fingerprint density at radius 2 is 2.17 bits per heavy atom. The number of likely N-dealkylation sites (tertiary alicyclic amines) is 1. The van der Waals surface area contributed by atoms with Gasteiger partial charge in [-0.25, -0.2) is 4.39 Å². The predicted octanol–water partition coefficient (Wildman–Crippen LogP) is 2.31. The highest BCUT2D eigenvalue weighted by Gasteiger charge is 2.33. The number of carboxylic acid groups (broad SMARTS) is 1. The Balaban J connectivity index is 2.01. The van der Waals surface area contributed by atoms with Crippen molar-refractivity contribution < 1.29 is 14.3 Å². The van der Waals surface area contributed by atoms with Crippen molar-refractivity contribution >= 4 is 5.97 Å². The number of hydrogen-bond donors (Lipinski definition) is 1. The summed E-state index contributed by atoms with van der Waals surface area (Å²) in [7, 11) is 0. The molecule has 98 valence electrons. The molecule has 4 heteroatoms. The van der Waals surface area contributed by atoms with Gasteiger partial charge in [0, 0.05) is 6.04 Å². The van der Waals surface area contributed by atoms with Crippen LogP contribution < -0.4 is 0 Å². The number of aliphatic carboxylic acids is 1. The zero-order valence-corrected chi connectivity index (χ0v) is 10.5. The van der Waals surface area contributed by atoms with Gasteiger partial charge in [-0.2, -0.15) is 0 Å². The molecular weight excluding hydrogens is 233 g/mol. The average molecular weight is 251 g/mol. The number of benzene rings is 1. The second-order valence-corrected chi connectivity index (χ2v) is 4.91. The van der Waals surface area contributed by atoms with Gasteiger partial charge in [-0.3, -0.25) is 9.69 Å². The van der Waals surface area contributed by atoms with Crippen molar-refractivity contribution in [2.24, 2.45) is 0 Å².